The van der Waals surface area contributed by atoms with Crippen molar-refractivity contribution in [2.75, 3.05) is 13.2 Å². The van der Waals surface area contributed by atoms with Gasteiger partial charge in [0.1, 0.15) is 12.6 Å². The number of hydrogen-bond acceptors (Lipinski definition) is 4. The maximum Gasteiger partial charge on any atom is 0.408 e. The monoisotopic (exact) mass is 396 g/mol. The van der Waals surface area contributed by atoms with E-state index in [1.807, 2.05) is 60.7 Å². The zero-order chi connectivity index (χ0) is 20.3. The highest BCUT2D eigenvalue weighted by molar-refractivity contribution is 5.85. The minimum absolute atomic E-state index is 0.158. The molecule has 6 nitrogen and oxygen atoms in total. The number of rotatable bonds is 9. The molecule has 2 aromatic rings. The van der Waals surface area contributed by atoms with Crippen LogP contribution < -0.4 is 10.6 Å². The van der Waals surface area contributed by atoms with Crippen molar-refractivity contribution in [2.45, 2.75) is 44.4 Å². The van der Waals surface area contributed by atoms with Gasteiger partial charge in [-0.05, 0) is 30.4 Å². The van der Waals surface area contributed by atoms with E-state index < -0.39 is 12.1 Å². The van der Waals surface area contributed by atoms with Crippen LogP contribution in [0.3, 0.4) is 0 Å². The summed E-state index contributed by atoms with van der Waals surface area (Å²) in [4.78, 5) is 25.0. The highest BCUT2D eigenvalue weighted by Crippen LogP contribution is 2.14. The molecule has 1 fully saturated rings. The zero-order valence-electron chi connectivity index (χ0n) is 16.5. The molecule has 3 rings (SSSR count). The molecule has 29 heavy (non-hydrogen) atoms. The molecule has 2 N–H and O–H groups in total. The van der Waals surface area contributed by atoms with E-state index in [-0.39, 0.29) is 18.6 Å². The molecule has 2 atom stereocenters. The number of carbonyl (C=O) groups excluding carboxylic acids is 2. The number of hydrogen-bond donors (Lipinski definition) is 2. The molecule has 0 bridgehead atoms. The Bertz CT molecular complexity index is 761. The number of carbonyl (C=O) groups is 2. The van der Waals surface area contributed by atoms with E-state index in [4.69, 9.17) is 9.47 Å². The number of ether oxygens (including phenoxy) is 2. The zero-order valence-corrected chi connectivity index (χ0v) is 16.5. The minimum Gasteiger partial charge on any atom is -0.445 e. The van der Waals surface area contributed by atoms with E-state index in [9.17, 15) is 9.59 Å². The normalized spacial score (nSPS) is 16.8. The third-order valence-electron chi connectivity index (χ3n) is 4.89. The fourth-order valence-corrected chi connectivity index (χ4v) is 3.32. The average Bonchev–Trinajstić information content (AvgIpc) is 3.27. The molecule has 0 aliphatic carbocycles. The van der Waals surface area contributed by atoms with Crippen molar-refractivity contribution in [3.8, 4) is 0 Å². The van der Waals surface area contributed by atoms with Gasteiger partial charge in [-0.15, -0.1) is 0 Å². The summed E-state index contributed by atoms with van der Waals surface area (Å²) in [5.41, 5.74) is 1.86. The lowest BCUT2D eigenvalue weighted by Crippen LogP contribution is -2.48. The second-order valence-corrected chi connectivity index (χ2v) is 7.16. The molecule has 1 aliphatic heterocycles. The van der Waals surface area contributed by atoms with Crippen molar-refractivity contribution in [3.05, 3.63) is 71.8 Å². The predicted molar refractivity (Wildman–Crippen MR) is 110 cm³/mol. The van der Waals surface area contributed by atoms with E-state index in [2.05, 4.69) is 10.6 Å². The van der Waals surface area contributed by atoms with E-state index in [1.165, 1.54) is 0 Å². The Morgan fingerprint density at radius 3 is 2.38 bits per heavy atom. The molecule has 0 saturated carbocycles. The van der Waals surface area contributed by atoms with Crippen molar-refractivity contribution in [1.82, 2.24) is 10.6 Å². The summed E-state index contributed by atoms with van der Waals surface area (Å²) < 4.78 is 10.9. The molecular formula is C23H28N2O4. The topological polar surface area (TPSA) is 76.7 Å². The number of alkyl carbamates (subject to hydrolysis) is 1. The third kappa shape index (κ3) is 7.23. The van der Waals surface area contributed by atoms with Crippen LogP contribution >= 0.6 is 0 Å². The molecule has 6 heteroatoms. The van der Waals surface area contributed by atoms with Gasteiger partial charge >= 0.3 is 6.09 Å². The molecular weight excluding hydrogens is 368 g/mol. The van der Waals surface area contributed by atoms with Gasteiger partial charge in [-0.1, -0.05) is 60.7 Å². The molecule has 0 spiro atoms. The molecule has 154 valence electrons. The Morgan fingerprint density at radius 1 is 1.03 bits per heavy atom. The number of benzene rings is 2. The van der Waals surface area contributed by atoms with Crippen LogP contribution in [0.15, 0.2) is 60.7 Å². The van der Waals surface area contributed by atoms with Gasteiger partial charge in [-0.3, -0.25) is 4.79 Å². The Morgan fingerprint density at radius 2 is 1.72 bits per heavy atom. The van der Waals surface area contributed by atoms with Crippen LogP contribution in [0.25, 0.3) is 0 Å². The summed E-state index contributed by atoms with van der Waals surface area (Å²) in [5.74, 6) is -0.219. The summed E-state index contributed by atoms with van der Waals surface area (Å²) in [7, 11) is 0. The molecule has 1 unspecified atom stereocenters. The molecule has 1 saturated heterocycles. The highest BCUT2D eigenvalue weighted by Gasteiger charge is 2.23. The van der Waals surface area contributed by atoms with E-state index >= 15 is 0 Å². The molecule has 1 heterocycles. The van der Waals surface area contributed by atoms with E-state index in [1.54, 1.807) is 0 Å². The van der Waals surface area contributed by atoms with Crippen LogP contribution in [-0.4, -0.2) is 37.3 Å². The molecule has 2 amide bonds. The first-order chi connectivity index (χ1) is 14.2. The summed E-state index contributed by atoms with van der Waals surface area (Å²) in [6.45, 7) is 1.48. The minimum atomic E-state index is -0.704. The maximum atomic E-state index is 12.7. The van der Waals surface area contributed by atoms with Crippen LogP contribution in [0.2, 0.25) is 0 Å². The predicted octanol–water partition coefficient (Wildman–Crippen LogP) is 3.21. The lowest BCUT2D eigenvalue weighted by atomic mass is 10.1. The van der Waals surface area contributed by atoms with Crippen LogP contribution in [0.5, 0.6) is 0 Å². The maximum absolute atomic E-state index is 12.7. The Hall–Kier alpha value is -2.86. The first kappa shape index (κ1) is 20.9. The first-order valence-electron chi connectivity index (χ1n) is 10.1. The Balaban J connectivity index is 1.52. The first-order valence-corrected chi connectivity index (χ1v) is 10.1. The molecule has 1 aliphatic rings. The third-order valence-corrected chi connectivity index (χ3v) is 4.89. The van der Waals surface area contributed by atoms with E-state index in [0.29, 0.717) is 13.0 Å². The van der Waals surface area contributed by atoms with Gasteiger partial charge in [0.25, 0.3) is 0 Å². The van der Waals surface area contributed by atoms with Gasteiger partial charge in [-0.2, -0.15) is 0 Å². The van der Waals surface area contributed by atoms with Crippen molar-refractivity contribution in [2.24, 2.45) is 0 Å². The highest BCUT2D eigenvalue weighted by atomic mass is 16.5. The Labute approximate surface area is 171 Å². The summed E-state index contributed by atoms with van der Waals surface area (Å²) in [6.07, 6.45) is 2.89. The molecule has 2 aromatic carbocycles. The van der Waals surface area contributed by atoms with E-state index in [0.717, 1.165) is 37.0 Å². The van der Waals surface area contributed by atoms with Gasteiger partial charge in [0, 0.05) is 19.6 Å². The number of nitrogens with one attached hydrogen (secondary N) is 2. The summed E-state index contributed by atoms with van der Waals surface area (Å²) in [5, 5.41) is 5.63. The van der Waals surface area contributed by atoms with Gasteiger partial charge in [0.15, 0.2) is 0 Å². The smallest absolute Gasteiger partial charge is 0.408 e. The number of amides is 2. The van der Waals surface area contributed by atoms with Gasteiger partial charge in [0.05, 0.1) is 6.10 Å². The molecule has 0 radical (unpaired) electrons. The summed E-state index contributed by atoms with van der Waals surface area (Å²) in [6, 6.07) is 18.3. The SMILES string of the molecule is O=C(N[C@@H](Cc1ccccc1)C(=O)NCCC1CCCO1)OCc1ccccc1. The quantitative estimate of drug-likeness (QED) is 0.682. The standard InChI is InChI=1S/C23H28N2O4/c26-22(24-14-13-20-12-7-15-28-20)21(16-18-8-3-1-4-9-18)25-23(27)29-17-19-10-5-2-6-11-19/h1-6,8-11,20-21H,7,12-17H2,(H,24,26)(H,25,27)/t20?,21-/m0/s1. The van der Waals surface area contributed by atoms with Gasteiger partial charge in [0.2, 0.25) is 5.91 Å². The molecule has 0 aromatic heterocycles. The van der Waals surface area contributed by atoms with Crippen molar-refractivity contribution in [3.63, 3.8) is 0 Å². The lowest BCUT2D eigenvalue weighted by Gasteiger charge is -2.19. The lowest BCUT2D eigenvalue weighted by molar-refractivity contribution is -0.123. The van der Waals surface area contributed by atoms with Gasteiger partial charge in [-0.25, -0.2) is 4.79 Å². The van der Waals surface area contributed by atoms with Crippen LogP contribution in [0, 0.1) is 0 Å². The fourth-order valence-electron chi connectivity index (χ4n) is 3.32. The average molecular weight is 396 g/mol. The fraction of sp³-hybridized carbons (Fsp3) is 0.391. The van der Waals surface area contributed by atoms with Crippen molar-refractivity contribution < 1.29 is 19.1 Å². The van der Waals surface area contributed by atoms with Crippen LogP contribution in [0.4, 0.5) is 4.79 Å². The van der Waals surface area contributed by atoms with Crippen molar-refractivity contribution >= 4 is 12.0 Å². The second kappa shape index (κ2) is 11.2. The largest absolute Gasteiger partial charge is 0.445 e. The van der Waals surface area contributed by atoms with Crippen LogP contribution in [-0.2, 0) is 27.3 Å². The van der Waals surface area contributed by atoms with Crippen LogP contribution in [0.1, 0.15) is 30.4 Å². The summed E-state index contributed by atoms with van der Waals surface area (Å²) >= 11 is 0. The van der Waals surface area contributed by atoms with Gasteiger partial charge < -0.3 is 20.1 Å². The second-order valence-electron chi connectivity index (χ2n) is 7.16. The van der Waals surface area contributed by atoms with Crippen molar-refractivity contribution in [1.29, 1.82) is 0 Å². The Kier molecular flexibility index (Phi) is 8.07.